The molecular weight excluding hydrogens is 396 g/mol. The Morgan fingerprint density at radius 3 is 2.25 bits per heavy atom. The normalized spacial score (nSPS) is 13.6. The van der Waals surface area contributed by atoms with Gasteiger partial charge >= 0.3 is 0 Å². The molecule has 2 rings (SSSR count). The summed E-state index contributed by atoms with van der Waals surface area (Å²) in [5.41, 5.74) is 3.37. The molecule has 0 fully saturated rings. The molecule has 0 spiro atoms. The van der Waals surface area contributed by atoms with E-state index < -0.39 is 16.1 Å². The minimum absolute atomic E-state index is 0.246. The summed E-state index contributed by atoms with van der Waals surface area (Å²) >= 11 is 6.16. The molecule has 5 nitrogen and oxygen atoms in total. The number of anilines is 1. The minimum atomic E-state index is -3.69. The molecule has 0 heterocycles. The van der Waals surface area contributed by atoms with Gasteiger partial charge in [0.05, 0.1) is 18.0 Å². The van der Waals surface area contributed by atoms with Crippen LogP contribution in [0.1, 0.15) is 43.5 Å². The van der Waals surface area contributed by atoms with Crippen molar-refractivity contribution in [3.8, 4) is 0 Å². The zero-order chi connectivity index (χ0) is 21.1. The van der Waals surface area contributed by atoms with E-state index in [1.54, 1.807) is 25.1 Å². The molecule has 28 heavy (non-hydrogen) atoms. The first-order valence-electron chi connectivity index (χ1n) is 9.19. The molecule has 7 heteroatoms. The van der Waals surface area contributed by atoms with Crippen LogP contribution in [0.2, 0.25) is 5.02 Å². The van der Waals surface area contributed by atoms with Crippen molar-refractivity contribution in [2.24, 2.45) is 0 Å². The average molecular weight is 423 g/mol. The van der Waals surface area contributed by atoms with Crippen LogP contribution >= 0.6 is 11.6 Å². The maximum absolute atomic E-state index is 12.8. The third kappa shape index (κ3) is 5.26. The molecule has 0 radical (unpaired) electrons. The van der Waals surface area contributed by atoms with Gasteiger partial charge in [0.15, 0.2) is 0 Å². The number of rotatable bonds is 7. The van der Waals surface area contributed by atoms with Gasteiger partial charge in [-0.05, 0) is 56.0 Å². The highest BCUT2D eigenvalue weighted by Gasteiger charge is 2.30. The van der Waals surface area contributed by atoms with Crippen molar-refractivity contribution in [2.45, 2.75) is 46.2 Å². The van der Waals surface area contributed by atoms with Gasteiger partial charge in [-0.15, -0.1) is 0 Å². The molecular formula is C21H27ClN2O3S. The summed E-state index contributed by atoms with van der Waals surface area (Å²) in [4.78, 5) is 12.8. The molecule has 1 amide bonds. The number of sulfonamides is 1. The van der Waals surface area contributed by atoms with Crippen LogP contribution in [-0.4, -0.2) is 26.6 Å². The molecule has 0 saturated carbocycles. The summed E-state index contributed by atoms with van der Waals surface area (Å²) in [5, 5.41) is 3.35. The maximum atomic E-state index is 12.8. The van der Waals surface area contributed by atoms with E-state index in [4.69, 9.17) is 11.6 Å². The second kappa shape index (κ2) is 8.97. The van der Waals surface area contributed by atoms with Crippen molar-refractivity contribution >= 4 is 33.2 Å². The van der Waals surface area contributed by atoms with Crippen LogP contribution < -0.4 is 9.62 Å². The second-order valence-electron chi connectivity index (χ2n) is 6.99. The summed E-state index contributed by atoms with van der Waals surface area (Å²) in [7, 11) is -3.69. The van der Waals surface area contributed by atoms with Gasteiger partial charge in [-0.25, -0.2) is 8.42 Å². The highest BCUT2D eigenvalue weighted by Crippen LogP contribution is 2.27. The Hall–Kier alpha value is -2.05. The fourth-order valence-corrected chi connectivity index (χ4v) is 4.33. The van der Waals surface area contributed by atoms with Crippen molar-refractivity contribution in [3.63, 3.8) is 0 Å². The van der Waals surface area contributed by atoms with Crippen LogP contribution in [0.25, 0.3) is 0 Å². The van der Waals surface area contributed by atoms with Crippen LogP contribution in [0.4, 0.5) is 5.69 Å². The van der Waals surface area contributed by atoms with Gasteiger partial charge < -0.3 is 5.32 Å². The molecule has 0 unspecified atom stereocenters. The van der Waals surface area contributed by atoms with Gasteiger partial charge in [-0.3, -0.25) is 9.10 Å². The van der Waals surface area contributed by atoms with E-state index in [1.807, 2.05) is 38.1 Å². The number of amides is 1. The van der Waals surface area contributed by atoms with Crippen molar-refractivity contribution < 1.29 is 13.2 Å². The number of carbonyl (C=O) groups is 1. The number of nitrogens with zero attached hydrogens (tertiary/aromatic N) is 1. The van der Waals surface area contributed by atoms with Gasteiger partial charge in [0, 0.05) is 5.02 Å². The number of aryl methyl sites for hydroxylation is 2. The lowest BCUT2D eigenvalue weighted by atomic mass is 10.0. The third-order valence-electron chi connectivity index (χ3n) is 4.75. The smallest absolute Gasteiger partial charge is 0.244 e. The molecule has 1 N–H and O–H groups in total. The van der Waals surface area contributed by atoms with E-state index in [1.165, 1.54) is 5.56 Å². The Labute approximate surface area is 172 Å². The summed E-state index contributed by atoms with van der Waals surface area (Å²) in [6.07, 6.45) is 2.03. The zero-order valence-corrected chi connectivity index (χ0v) is 18.4. The van der Waals surface area contributed by atoms with E-state index >= 15 is 0 Å². The lowest BCUT2D eigenvalue weighted by Gasteiger charge is -2.29. The lowest BCUT2D eigenvalue weighted by molar-refractivity contribution is -0.122. The van der Waals surface area contributed by atoms with Crippen LogP contribution in [0.15, 0.2) is 42.5 Å². The van der Waals surface area contributed by atoms with Crippen LogP contribution in [-0.2, 0) is 21.2 Å². The molecule has 0 aliphatic carbocycles. The molecule has 0 saturated heterocycles. The molecule has 2 aromatic carbocycles. The first kappa shape index (κ1) is 22.2. The first-order chi connectivity index (χ1) is 13.0. The fraction of sp³-hybridized carbons (Fsp3) is 0.381. The average Bonchev–Trinajstić information content (AvgIpc) is 2.63. The molecule has 0 bridgehead atoms. The summed E-state index contributed by atoms with van der Waals surface area (Å²) in [6, 6.07) is 11.8. The Bertz CT molecular complexity index is 943. The minimum Gasteiger partial charge on any atom is -0.348 e. The van der Waals surface area contributed by atoms with E-state index in [2.05, 4.69) is 12.2 Å². The number of carbonyl (C=O) groups excluding carboxylic acids is 1. The van der Waals surface area contributed by atoms with Crippen molar-refractivity contribution in [2.75, 3.05) is 10.6 Å². The number of hydrogen-bond donors (Lipinski definition) is 1. The molecule has 0 aromatic heterocycles. The van der Waals surface area contributed by atoms with Crippen molar-refractivity contribution in [1.82, 2.24) is 5.32 Å². The van der Waals surface area contributed by atoms with Gasteiger partial charge in [-0.2, -0.15) is 0 Å². The third-order valence-corrected chi connectivity index (χ3v) is 6.39. The van der Waals surface area contributed by atoms with Gasteiger partial charge in [0.25, 0.3) is 0 Å². The SMILES string of the molecule is CCc1ccc([C@@H](C)NC(=O)[C@H](C)N(c2ccc(C)c(Cl)c2)S(C)(=O)=O)cc1. The van der Waals surface area contributed by atoms with Gasteiger partial charge in [0.2, 0.25) is 15.9 Å². The van der Waals surface area contributed by atoms with Crippen LogP contribution in [0.5, 0.6) is 0 Å². The standard InChI is InChI=1S/C21H27ClN2O3S/c1-6-17-8-10-18(11-9-17)15(3)23-21(25)16(4)24(28(5,26)27)19-12-7-14(2)20(22)13-19/h7-13,15-16H,6H2,1-5H3,(H,23,25)/t15-,16+/m1/s1. The highest BCUT2D eigenvalue weighted by molar-refractivity contribution is 7.92. The predicted molar refractivity (Wildman–Crippen MR) is 115 cm³/mol. The highest BCUT2D eigenvalue weighted by atomic mass is 35.5. The lowest BCUT2D eigenvalue weighted by Crippen LogP contribution is -2.48. The van der Waals surface area contributed by atoms with E-state index in [0.29, 0.717) is 10.7 Å². The molecule has 152 valence electrons. The molecule has 2 atom stereocenters. The summed E-state index contributed by atoms with van der Waals surface area (Å²) < 4.78 is 25.9. The molecule has 0 aliphatic rings. The first-order valence-corrected chi connectivity index (χ1v) is 11.4. The largest absolute Gasteiger partial charge is 0.348 e. The number of nitrogens with one attached hydrogen (secondary N) is 1. The van der Waals surface area contributed by atoms with Crippen LogP contribution in [0, 0.1) is 6.92 Å². The number of halogens is 1. The summed E-state index contributed by atoms with van der Waals surface area (Å²) in [6.45, 7) is 7.35. The van der Waals surface area contributed by atoms with Crippen LogP contribution in [0.3, 0.4) is 0 Å². The summed E-state index contributed by atoms with van der Waals surface area (Å²) in [5.74, 6) is -0.380. The second-order valence-corrected chi connectivity index (χ2v) is 9.26. The van der Waals surface area contributed by atoms with Gasteiger partial charge in [0.1, 0.15) is 6.04 Å². The maximum Gasteiger partial charge on any atom is 0.244 e. The number of benzene rings is 2. The zero-order valence-electron chi connectivity index (χ0n) is 16.9. The Balaban J connectivity index is 2.24. The fourth-order valence-electron chi connectivity index (χ4n) is 2.99. The Kier molecular flexibility index (Phi) is 7.12. The predicted octanol–water partition coefficient (Wildman–Crippen LogP) is 4.24. The topological polar surface area (TPSA) is 66.5 Å². The van der Waals surface area contributed by atoms with Crippen molar-refractivity contribution in [1.29, 1.82) is 0 Å². The number of hydrogen-bond acceptors (Lipinski definition) is 3. The molecule has 2 aromatic rings. The van der Waals surface area contributed by atoms with E-state index in [-0.39, 0.29) is 11.9 Å². The Morgan fingerprint density at radius 2 is 1.75 bits per heavy atom. The van der Waals surface area contributed by atoms with Gasteiger partial charge in [-0.1, -0.05) is 48.9 Å². The molecule has 0 aliphatic heterocycles. The monoisotopic (exact) mass is 422 g/mol. The Morgan fingerprint density at radius 1 is 1.14 bits per heavy atom. The quantitative estimate of drug-likeness (QED) is 0.725. The van der Waals surface area contributed by atoms with Crippen molar-refractivity contribution in [3.05, 3.63) is 64.2 Å². The van der Waals surface area contributed by atoms with E-state index in [0.717, 1.165) is 28.1 Å². The van der Waals surface area contributed by atoms with E-state index in [9.17, 15) is 13.2 Å².